The Labute approximate surface area is 123 Å². The van der Waals surface area contributed by atoms with Gasteiger partial charge < -0.3 is 0 Å². The van der Waals surface area contributed by atoms with E-state index in [1.807, 2.05) is 0 Å². The molecule has 0 fully saturated rings. The van der Waals surface area contributed by atoms with Gasteiger partial charge in [-0.3, -0.25) is 20.8 Å². The van der Waals surface area contributed by atoms with Crippen molar-refractivity contribution in [1.82, 2.24) is 0 Å². The van der Waals surface area contributed by atoms with Gasteiger partial charge in [0, 0.05) is 0 Å². The van der Waals surface area contributed by atoms with Gasteiger partial charge in [0.1, 0.15) is 0 Å². The van der Waals surface area contributed by atoms with Crippen LogP contribution in [0.25, 0.3) is 0 Å². The zero-order valence-electron chi connectivity index (χ0n) is 3.27. The zero-order chi connectivity index (χ0) is 6.50. The Morgan fingerprint density at radius 3 is 1.11 bits per heavy atom. The first-order valence-electron chi connectivity index (χ1n) is 1.03. The molecule has 0 aliphatic rings. The van der Waals surface area contributed by atoms with E-state index in [1.54, 1.807) is 0 Å². The van der Waals surface area contributed by atoms with Gasteiger partial charge in [-0.2, -0.15) is 8.42 Å². The summed E-state index contributed by atoms with van der Waals surface area (Å²) in [7, 11) is -4.67. The first kappa shape index (κ1) is 22.5. The average molecular weight is 294 g/mol. The molecular formula is H10AlCsN2O4S. The monoisotopic (exact) mass is 294 g/mol. The number of hydrogen-bond acceptors (Lipinski definition) is 4. The van der Waals surface area contributed by atoms with Crippen molar-refractivity contribution < 1.29 is 17.5 Å². The van der Waals surface area contributed by atoms with Crippen LogP contribution in [0.15, 0.2) is 0 Å². The SMILES string of the molecule is NN.O=S(=O)(O)O.[AlH3].[CsH]. The maximum absolute atomic E-state index is 8.74. The van der Waals surface area contributed by atoms with Gasteiger partial charge in [-0.15, -0.1) is 0 Å². The first-order valence-corrected chi connectivity index (χ1v) is 2.43. The second-order valence-electron chi connectivity index (χ2n) is 0.448. The van der Waals surface area contributed by atoms with Crippen molar-refractivity contribution in [3.05, 3.63) is 0 Å². The Morgan fingerprint density at radius 1 is 1.11 bits per heavy atom. The summed E-state index contributed by atoms with van der Waals surface area (Å²) >= 11 is 0. The van der Waals surface area contributed by atoms with Crippen molar-refractivity contribution in [1.29, 1.82) is 0 Å². The van der Waals surface area contributed by atoms with Gasteiger partial charge in [0.15, 0.2) is 17.4 Å². The molecule has 6 nitrogen and oxygen atoms in total. The Bertz CT molecular complexity index is 102. The van der Waals surface area contributed by atoms with Gasteiger partial charge in [-0.05, 0) is 0 Å². The molecule has 0 bridgehead atoms. The topological polar surface area (TPSA) is 127 Å². The van der Waals surface area contributed by atoms with Gasteiger partial charge in [0.2, 0.25) is 0 Å². The third-order valence-corrected chi connectivity index (χ3v) is 0. The van der Waals surface area contributed by atoms with E-state index in [1.165, 1.54) is 0 Å². The number of rotatable bonds is 0. The molecule has 0 amide bonds. The van der Waals surface area contributed by atoms with E-state index in [0.717, 1.165) is 0 Å². The third kappa shape index (κ3) is 129. The van der Waals surface area contributed by atoms with E-state index < -0.39 is 10.4 Å². The minimum atomic E-state index is -4.67. The Morgan fingerprint density at radius 2 is 1.11 bits per heavy atom. The molecule has 0 aliphatic heterocycles. The molecule has 0 radical (unpaired) electrons. The van der Waals surface area contributed by atoms with Crippen LogP contribution in [0.1, 0.15) is 0 Å². The van der Waals surface area contributed by atoms with Crippen LogP contribution in [0, 0.1) is 0 Å². The van der Waals surface area contributed by atoms with E-state index in [9.17, 15) is 0 Å². The van der Waals surface area contributed by atoms with Crippen molar-refractivity contribution in [2.24, 2.45) is 11.7 Å². The second-order valence-corrected chi connectivity index (χ2v) is 1.34. The van der Waals surface area contributed by atoms with Crippen LogP contribution in [0.3, 0.4) is 0 Å². The Kier molecular flexibility index (Phi) is 32.5. The molecule has 0 atom stereocenters. The minimum absolute atomic E-state index is 0. The van der Waals surface area contributed by atoms with Crippen molar-refractivity contribution in [2.45, 2.75) is 0 Å². The van der Waals surface area contributed by atoms with E-state index in [0.29, 0.717) is 0 Å². The van der Waals surface area contributed by atoms with Crippen molar-refractivity contribution in [2.75, 3.05) is 0 Å². The van der Waals surface area contributed by atoms with E-state index in [4.69, 9.17) is 17.5 Å². The molecule has 0 aliphatic carbocycles. The normalized spacial score (nSPS) is 7.11. The fourth-order valence-corrected chi connectivity index (χ4v) is 0. The number of hydrogen-bond donors (Lipinski definition) is 4. The van der Waals surface area contributed by atoms with Gasteiger partial charge in [0.25, 0.3) is 0 Å². The summed E-state index contributed by atoms with van der Waals surface area (Å²) in [5, 5.41) is 0. The number of hydrazine groups is 1. The standard InChI is InChI=1S/Al.Cs.H4N2.H2O4S.4H/c;;1-2;1-5(2,3)4;;;;/h;;1-2H2;(H2,1,2,3,4);;;;. The average Bonchev–Trinajstić information content (AvgIpc) is 1.36. The molecule has 0 spiro atoms. The summed E-state index contributed by atoms with van der Waals surface area (Å²) < 4.78 is 31.6. The molecule has 9 heavy (non-hydrogen) atoms. The van der Waals surface area contributed by atoms with Crippen LogP contribution in [0.4, 0.5) is 0 Å². The Hall–Kier alpha value is 2.37. The molecule has 0 aromatic carbocycles. The summed E-state index contributed by atoms with van der Waals surface area (Å²) in [5.41, 5.74) is 0. The van der Waals surface area contributed by atoms with Crippen LogP contribution < -0.4 is 11.7 Å². The molecule has 6 N–H and O–H groups in total. The molecule has 0 saturated heterocycles. The van der Waals surface area contributed by atoms with Gasteiger partial charge in [-0.25, -0.2) is 0 Å². The molecule has 0 unspecified atom stereocenters. The molecule has 0 aromatic heterocycles. The molecule has 0 saturated carbocycles. The van der Waals surface area contributed by atoms with Gasteiger partial charge >= 0.3 is 79.3 Å². The van der Waals surface area contributed by atoms with Crippen LogP contribution in [0.2, 0.25) is 0 Å². The van der Waals surface area contributed by atoms with E-state index in [-0.39, 0.29) is 86.3 Å². The van der Waals surface area contributed by atoms with Crippen molar-refractivity contribution >= 4 is 96.7 Å². The summed E-state index contributed by atoms with van der Waals surface area (Å²) in [6.07, 6.45) is 0. The quantitative estimate of drug-likeness (QED) is 0.158. The molecule has 0 rings (SSSR count). The summed E-state index contributed by atoms with van der Waals surface area (Å²) in [5.74, 6) is 8.00. The predicted molar refractivity (Wildman–Crippen MR) is 39.6 cm³/mol. The fraction of sp³-hybridized carbons (Fsp3) is 0. The van der Waals surface area contributed by atoms with E-state index >= 15 is 0 Å². The van der Waals surface area contributed by atoms with E-state index in [2.05, 4.69) is 11.7 Å². The molecule has 0 aromatic rings. The van der Waals surface area contributed by atoms with Crippen LogP contribution in [0.5, 0.6) is 0 Å². The van der Waals surface area contributed by atoms with Crippen LogP contribution in [-0.2, 0) is 10.4 Å². The maximum atomic E-state index is 8.74. The van der Waals surface area contributed by atoms with Gasteiger partial charge in [0.05, 0.1) is 0 Å². The van der Waals surface area contributed by atoms with Gasteiger partial charge in [-0.1, -0.05) is 0 Å². The van der Waals surface area contributed by atoms with Crippen molar-refractivity contribution in [3.63, 3.8) is 0 Å². The molecule has 54 valence electrons. The fourth-order valence-electron chi connectivity index (χ4n) is 0. The summed E-state index contributed by atoms with van der Waals surface area (Å²) in [6, 6.07) is 0. The third-order valence-electron chi connectivity index (χ3n) is 0. The molecular weight excluding hydrogens is 284 g/mol. The van der Waals surface area contributed by atoms with Crippen LogP contribution in [-0.4, -0.2) is 104 Å². The second kappa shape index (κ2) is 13.0. The predicted octanol–water partition coefficient (Wildman–Crippen LogP) is -3.67. The Balaban J connectivity index is -0.0000000286. The summed E-state index contributed by atoms with van der Waals surface area (Å²) in [6.45, 7) is 0. The summed E-state index contributed by atoms with van der Waals surface area (Å²) in [4.78, 5) is 0. The zero-order valence-corrected chi connectivity index (χ0v) is 4.09. The van der Waals surface area contributed by atoms with Crippen molar-refractivity contribution in [3.8, 4) is 0 Å². The first-order chi connectivity index (χ1) is 3.00. The number of nitrogens with two attached hydrogens (primary N) is 2. The molecule has 0 heterocycles. The molecule has 9 heteroatoms. The van der Waals surface area contributed by atoms with Crippen LogP contribution >= 0.6 is 0 Å².